The molecule has 1 N–H and O–H groups in total. The van der Waals surface area contributed by atoms with E-state index < -0.39 is 5.91 Å². The monoisotopic (exact) mass is 400 g/mol. The highest BCUT2D eigenvalue weighted by Gasteiger charge is 2.16. The number of likely N-dealkylation sites (N-methyl/N-ethyl adjacent to an activating group) is 1. The predicted octanol–water partition coefficient (Wildman–Crippen LogP) is 2.14. The molecule has 0 radical (unpaired) electrons. The van der Waals surface area contributed by atoms with E-state index >= 15 is 0 Å². The van der Waals surface area contributed by atoms with Gasteiger partial charge in [-0.1, -0.05) is 17.3 Å². The summed E-state index contributed by atoms with van der Waals surface area (Å²) in [4.78, 5) is 30.0. The standard InChI is InChI=1S/C18H20N6O3S/c1-4-27-15-8-6-5-7-12(15)14-11-28-18(19-14)20-17(26)13-9-24(22-21-13)10-16(25)23(2)3/h5-9,11H,4,10H2,1-3H3,(H,19,20,26). The number of rotatable bonds is 7. The quantitative estimate of drug-likeness (QED) is 0.652. The van der Waals surface area contributed by atoms with E-state index in [0.717, 1.165) is 11.3 Å². The molecule has 0 aliphatic heterocycles. The zero-order chi connectivity index (χ0) is 20.1. The molecule has 0 aliphatic carbocycles. The predicted molar refractivity (Wildman–Crippen MR) is 105 cm³/mol. The Morgan fingerprint density at radius 3 is 2.82 bits per heavy atom. The van der Waals surface area contributed by atoms with Crippen molar-refractivity contribution in [3.8, 4) is 17.0 Å². The normalized spacial score (nSPS) is 10.5. The minimum absolute atomic E-state index is 0.0168. The van der Waals surface area contributed by atoms with Gasteiger partial charge in [0.15, 0.2) is 10.8 Å². The maximum Gasteiger partial charge on any atom is 0.279 e. The topological polar surface area (TPSA) is 102 Å². The van der Waals surface area contributed by atoms with Gasteiger partial charge in [0.1, 0.15) is 12.3 Å². The van der Waals surface area contributed by atoms with Crippen LogP contribution < -0.4 is 10.1 Å². The van der Waals surface area contributed by atoms with E-state index in [1.807, 2.05) is 36.6 Å². The lowest BCUT2D eigenvalue weighted by Crippen LogP contribution is -2.26. The van der Waals surface area contributed by atoms with E-state index in [0.29, 0.717) is 17.4 Å². The summed E-state index contributed by atoms with van der Waals surface area (Å²) in [5, 5.41) is 12.6. The van der Waals surface area contributed by atoms with Gasteiger partial charge in [-0.05, 0) is 19.1 Å². The van der Waals surface area contributed by atoms with E-state index in [9.17, 15) is 9.59 Å². The van der Waals surface area contributed by atoms with E-state index in [1.165, 1.54) is 27.1 Å². The third kappa shape index (κ3) is 4.52. The Morgan fingerprint density at radius 2 is 2.07 bits per heavy atom. The Labute approximate surface area is 166 Å². The van der Waals surface area contributed by atoms with E-state index in [4.69, 9.17) is 4.74 Å². The number of para-hydroxylation sites is 1. The van der Waals surface area contributed by atoms with Crippen LogP contribution in [0.1, 0.15) is 17.4 Å². The Bertz CT molecular complexity index is 981. The molecule has 3 rings (SSSR count). The van der Waals surface area contributed by atoms with E-state index in [1.54, 1.807) is 14.1 Å². The van der Waals surface area contributed by atoms with Crippen LogP contribution in [-0.2, 0) is 11.3 Å². The van der Waals surface area contributed by atoms with Crippen LogP contribution >= 0.6 is 11.3 Å². The van der Waals surface area contributed by atoms with Crippen molar-refractivity contribution in [1.82, 2.24) is 24.9 Å². The van der Waals surface area contributed by atoms with Crippen molar-refractivity contribution in [3.63, 3.8) is 0 Å². The lowest BCUT2D eigenvalue weighted by atomic mass is 10.1. The van der Waals surface area contributed by atoms with Crippen molar-refractivity contribution in [3.05, 3.63) is 41.5 Å². The van der Waals surface area contributed by atoms with Crippen LogP contribution in [-0.4, -0.2) is 57.4 Å². The van der Waals surface area contributed by atoms with Gasteiger partial charge in [0.25, 0.3) is 5.91 Å². The molecule has 28 heavy (non-hydrogen) atoms. The highest BCUT2D eigenvalue weighted by molar-refractivity contribution is 7.14. The number of hydrogen-bond donors (Lipinski definition) is 1. The number of carbonyl (C=O) groups is 2. The number of anilines is 1. The Kier molecular flexibility index (Phi) is 5.99. The summed E-state index contributed by atoms with van der Waals surface area (Å²) in [6.07, 6.45) is 1.43. The summed E-state index contributed by atoms with van der Waals surface area (Å²) >= 11 is 1.30. The largest absolute Gasteiger partial charge is 0.493 e. The number of ether oxygens (including phenoxy) is 1. The van der Waals surface area contributed by atoms with Crippen molar-refractivity contribution in [1.29, 1.82) is 0 Å². The van der Waals surface area contributed by atoms with Gasteiger partial charge in [0, 0.05) is 25.0 Å². The number of nitrogens with one attached hydrogen (secondary N) is 1. The van der Waals surface area contributed by atoms with Gasteiger partial charge >= 0.3 is 0 Å². The number of benzene rings is 1. The maximum absolute atomic E-state index is 12.4. The number of amides is 2. The third-order valence-corrected chi connectivity index (χ3v) is 4.51. The smallest absolute Gasteiger partial charge is 0.279 e. The van der Waals surface area contributed by atoms with Crippen LogP contribution in [0.4, 0.5) is 5.13 Å². The van der Waals surface area contributed by atoms with Crippen LogP contribution in [0.2, 0.25) is 0 Å². The first-order chi connectivity index (χ1) is 13.5. The Balaban J connectivity index is 1.70. The van der Waals surface area contributed by atoms with E-state index in [-0.39, 0.29) is 18.1 Å². The number of nitrogens with zero attached hydrogens (tertiary/aromatic N) is 5. The summed E-state index contributed by atoms with van der Waals surface area (Å²) in [5.74, 6) is 0.151. The summed E-state index contributed by atoms with van der Waals surface area (Å²) in [6, 6.07) is 7.60. The lowest BCUT2D eigenvalue weighted by Gasteiger charge is -2.08. The van der Waals surface area contributed by atoms with Gasteiger partial charge in [-0.2, -0.15) is 0 Å². The van der Waals surface area contributed by atoms with Crippen LogP contribution in [0.15, 0.2) is 35.8 Å². The van der Waals surface area contributed by atoms with Crippen molar-refractivity contribution >= 4 is 28.3 Å². The molecule has 3 aromatic rings. The lowest BCUT2D eigenvalue weighted by molar-refractivity contribution is -0.129. The van der Waals surface area contributed by atoms with Crippen molar-refractivity contribution in [2.24, 2.45) is 0 Å². The molecular weight excluding hydrogens is 380 g/mol. The molecule has 1 aromatic carbocycles. The summed E-state index contributed by atoms with van der Waals surface area (Å²) in [5.41, 5.74) is 1.68. The molecule has 0 spiro atoms. The van der Waals surface area contributed by atoms with Crippen molar-refractivity contribution in [2.45, 2.75) is 13.5 Å². The van der Waals surface area contributed by atoms with Crippen LogP contribution in [0.5, 0.6) is 5.75 Å². The highest BCUT2D eigenvalue weighted by Crippen LogP contribution is 2.32. The Morgan fingerprint density at radius 1 is 1.29 bits per heavy atom. The van der Waals surface area contributed by atoms with E-state index in [2.05, 4.69) is 20.6 Å². The number of thiazole rings is 1. The highest BCUT2D eigenvalue weighted by atomic mass is 32.1. The first-order valence-electron chi connectivity index (χ1n) is 8.57. The fourth-order valence-corrected chi connectivity index (χ4v) is 3.04. The molecule has 0 unspecified atom stereocenters. The second-order valence-corrected chi connectivity index (χ2v) is 6.87. The molecule has 0 bridgehead atoms. The third-order valence-electron chi connectivity index (χ3n) is 3.75. The number of aromatic nitrogens is 4. The van der Waals surface area contributed by atoms with Gasteiger partial charge in [0.05, 0.1) is 18.5 Å². The summed E-state index contributed by atoms with van der Waals surface area (Å²) in [6.45, 7) is 2.49. The van der Waals surface area contributed by atoms with Crippen molar-refractivity contribution < 1.29 is 14.3 Å². The fourth-order valence-electron chi connectivity index (χ4n) is 2.34. The summed E-state index contributed by atoms with van der Waals surface area (Å²) in [7, 11) is 3.30. The average Bonchev–Trinajstić information content (AvgIpc) is 3.32. The molecule has 0 aliphatic rings. The number of carbonyl (C=O) groups excluding carboxylic acids is 2. The molecule has 0 saturated carbocycles. The molecule has 10 heteroatoms. The second-order valence-electron chi connectivity index (χ2n) is 6.01. The molecule has 146 valence electrons. The minimum atomic E-state index is -0.442. The SMILES string of the molecule is CCOc1ccccc1-c1csc(NC(=O)c2cn(CC(=O)N(C)C)nn2)n1. The minimum Gasteiger partial charge on any atom is -0.493 e. The average molecular weight is 400 g/mol. The molecule has 2 aromatic heterocycles. The van der Waals surface area contributed by atoms with Gasteiger partial charge in [-0.25, -0.2) is 9.67 Å². The molecule has 2 heterocycles. The van der Waals surface area contributed by atoms with Gasteiger partial charge in [-0.15, -0.1) is 16.4 Å². The molecule has 0 fully saturated rings. The molecule has 9 nitrogen and oxygen atoms in total. The second kappa shape index (κ2) is 8.61. The number of hydrogen-bond acceptors (Lipinski definition) is 7. The van der Waals surface area contributed by atoms with Gasteiger partial charge in [0.2, 0.25) is 5.91 Å². The van der Waals surface area contributed by atoms with Crippen LogP contribution in [0.25, 0.3) is 11.3 Å². The zero-order valence-corrected chi connectivity index (χ0v) is 16.6. The van der Waals surface area contributed by atoms with Crippen LogP contribution in [0.3, 0.4) is 0 Å². The van der Waals surface area contributed by atoms with Gasteiger partial charge in [-0.3, -0.25) is 14.9 Å². The van der Waals surface area contributed by atoms with Crippen molar-refractivity contribution in [2.75, 3.05) is 26.0 Å². The summed E-state index contributed by atoms with van der Waals surface area (Å²) < 4.78 is 6.95. The Hall–Kier alpha value is -3.27. The molecule has 0 atom stereocenters. The fraction of sp³-hybridized carbons (Fsp3) is 0.278. The molecular formula is C18H20N6O3S. The first kappa shape index (κ1) is 19.5. The van der Waals surface area contributed by atoms with Crippen LogP contribution in [0, 0.1) is 0 Å². The zero-order valence-electron chi connectivity index (χ0n) is 15.7. The first-order valence-corrected chi connectivity index (χ1v) is 9.45. The molecule has 2 amide bonds. The molecule has 0 saturated heterocycles. The maximum atomic E-state index is 12.4. The van der Waals surface area contributed by atoms with Gasteiger partial charge < -0.3 is 9.64 Å².